The molecule has 0 unspecified atom stereocenters. The van der Waals surface area contributed by atoms with Gasteiger partial charge in [0.15, 0.2) is 5.82 Å². The summed E-state index contributed by atoms with van der Waals surface area (Å²) >= 11 is 0. The van der Waals surface area contributed by atoms with E-state index in [1.165, 1.54) is 6.20 Å². The van der Waals surface area contributed by atoms with Gasteiger partial charge in [0.2, 0.25) is 5.84 Å². The van der Waals surface area contributed by atoms with Crippen molar-refractivity contribution in [2.24, 2.45) is 10.9 Å². The van der Waals surface area contributed by atoms with Gasteiger partial charge in [0.25, 0.3) is 0 Å². The minimum absolute atomic E-state index is 0.127. The number of oxime groups is 1. The molecule has 0 spiro atoms. The summed E-state index contributed by atoms with van der Waals surface area (Å²) in [7, 11) is 5.46. The smallest absolute Gasteiger partial charge is 0.207 e. The molecule has 3 N–H and O–H groups in total. The van der Waals surface area contributed by atoms with Crippen molar-refractivity contribution in [1.82, 2.24) is 9.97 Å². The van der Waals surface area contributed by atoms with Gasteiger partial charge in [0.05, 0.1) is 0 Å². The lowest BCUT2D eigenvalue weighted by Crippen LogP contribution is -2.21. The van der Waals surface area contributed by atoms with Crippen LogP contribution in [-0.2, 0) is 0 Å². The molecule has 0 aliphatic carbocycles. The molecule has 1 heterocycles. The van der Waals surface area contributed by atoms with E-state index in [1.54, 1.807) is 6.92 Å². The molecule has 6 heteroatoms. The molecule has 0 aliphatic rings. The first-order valence-corrected chi connectivity index (χ1v) is 3.22. The van der Waals surface area contributed by atoms with Crippen LogP contribution in [0.25, 0.3) is 0 Å². The Kier molecular flexibility index (Phi) is 2.28. The SMILES string of the molecule is [B]c1cnc(/C(N)=N/O)nc1C. The van der Waals surface area contributed by atoms with E-state index in [4.69, 9.17) is 18.8 Å². The van der Waals surface area contributed by atoms with Crippen molar-refractivity contribution in [3.8, 4) is 0 Å². The molecule has 0 bridgehead atoms. The summed E-state index contributed by atoms with van der Waals surface area (Å²) in [5.41, 5.74) is 6.33. The highest BCUT2D eigenvalue weighted by Gasteiger charge is 2.03. The number of aromatic nitrogens is 2. The fourth-order valence-corrected chi connectivity index (χ4v) is 0.645. The molecule has 0 atom stereocenters. The predicted octanol–water partition coefficient (Wildman–Crippen LogP) is -1.33. The number of nitrogens with two attached hydrogens (primary N) is 1. The third-order valence-electron chi connectivity index (χ3n) is 1.35. The summed E-state index contributed by atoms with van der Waals surface area (Å²) < 4.78 is 0. The first kappa shape index (κ1) is 8.51. The molecule has 5 nitrogen and oxygen atoms in total. The third kappa shape index (κ3) is 1.53. The fraction of sp³-hybridized carbons (Fsp3) is 0.167. The van der Waals surface area contributed by atoms with Gasteiger partial charge in [-0.2, -0.15) is 0 Å². The lowest BCUT2D eigenvalue weighted by Gasteiger charge is -2.00. The average Bonchev–Trinajstić information content (AvgIpc) is 2.08. The zero-order valence-electron chi connectivity index (χ0n) is 6.52. The molecule has 12 heavy (non-hydrogen) atoms. The highest BCUT2D eigenvalue weighted by atomic mass is 16.4. The quantitative estimate of drug-likeness (QED) is 0.176. The van der Waals surface area contributed by atoms with Crippen LogP contribution in [0.1, 0.15) is 11.5 Å². The van der Waals surface area contributed by atoms with Gasteiger partial charge >= 0.3 is 0 Å². The molecule has 1 rings (SSSR count). The topological polar surface area (TPSA) is 84.4 Å². The van der Waals surface area contributed by atoms with Crippen molar-refractivity contribution in [1.29, 1.82) is 0 Å². The summed E-state index contributed by atoms with van der Waals surface area (Å²) in [6.07, 6.45) is 1.41. The first-order valence-electron chi connectivity index (χ1n) is 3.22. The lowest BCUT2D eigenvalue weighted by molar-refractivity contribution is 0.318. The number of hydrogen-bond acceptors (Lipinski definition) is 4. The molecule has 1 aromatic rings. The minimum Gasteiger partial charge on any atom is -0.409 e. The standard InChI is InChI=1S/C6H7BN4O/c1-3-4(7)2-9-6(10-3)5(8)11-12/h2,12H,1H3,(H2,8,11). The number of amidine groups is 1. The van der Waals surface area contributed by atoms with E-state index in [0.717, 1.165) is 0 Å². The van der Waals surface area contributed by atoms with Gasteiger partial charge in [-0.3, -0.25) is 0 Å². The number of rotatable bonds is 1. The summed E-state index contributed by atoms with van der Waals surface area (Å²) in [6.45, 7) is 1.71. The molecule has 0 amide bonds. The van der Waals surface area contributed by atoms with Gasteiger partial charge in [0.1, 0.15) is 7.85 Å². The Bertz CT molecular complexity index is 325. The zero-order valence-corrected chi connectivity index (χ0v) is 6.52. The molecular weight excluding hydrogens is 155 g/mol. The van der Waals surface area contributed by atoms with Crippen LogP contribution in [0.2, 0.25) is 0 Å². The Morgan fingerprint density at radius 3 is 2.92 bits per heavy atom. The van der Waals surface area contributed by atoms with Crippen molar-refractivity contribution < 1.29 is 5.21 Å². The maximum atomic E-state index is 8.30. The van der Waals surface area contributed by atoms with E-state index in [1.807, 2.05) is 0 Å². The molecular formula is C6H7BN4O. The molecule has 0 fully saturated rings. The van der Waals surface area contributed by atoms with E-state index in [2.05, 4.69) is 15.1 Å². The Hall–Kier alpha value is -1.59. The lowest BCUT2D eigenvalue weighted by atomic mass is 9.97. The van der Waals surface area contributed by atoms with Gasteiger partial charge in [-0.05, 0) is 6.92 Å². The maximum absolute atomic E-state index is 8.30. The summed E-state index contributed by atoms with van der Waals surface area (Å²) in [6, 6.07) is 0. The van der Waals surface area contributed by atoms with Gasteiger partial charge in [-0.1, -0.05) is 10.6 Å². The van der Waals surface area contributed by atoms with E-state index >= 15 is 0 Å². The monoisotopic (exact) mass is 162 g/mol. The van der Waals surface area contributed by atoms with Gasteiger partial charge < -0.3 is 10.9 Å². The molecule has 0 aromatic carbocycles. The van der Waals surface area contributed by atoms with E-state index in [-0.39, 0.29) is 11.7 Å². The van der Waals surface area contributed by atoms with Crippen molar-refractivity contribution in [2.75, 3.05) is 0 Å². The predicted molar refractivity (Wildman–Crippen MR) is 44.7 cm³/mol. The summed E-state index contributed by atoms with van der Waals surface area (Å²) in [5.74, 6) is 0.0438. The molecule has 1 aromatic heterocycles. The van der Waals surface area contributed by atoms with Crippen molar-refractivity contribution in [2.45, 2.75) is 6.92 Å². The van der Waals surface area contributed by atoms with Crippen LogP contribution in [-0.4, -0.2) is 28.9 Å². The number of hydrogen-bond donors (Lipinski definition) is 2. The van der Waals surface area contributed by atoms with Crippen LogP contribution < -0.4 is 11.2 Å². The largest absolute Gasteiger partial charge is 0.409 e. The Morgan fingerprint density at radius 1 is 1.75 bits per heavy atom. The van der Waals surface area contributed by atoms with Gasteiger partial charge in [-0.25, -0.2) is 9.97 Å². The molecule has 60 valence electrons. The molecule has 0 saturated carbocycles. The normalized spacial score (nSPS) is 11.6. The minimum atomic E-state index is -0.127. The zero-order chi connectivity index (χ0) is 9.14. The van der Waals surface area contributed by atoms with Crippen LogP contribution in [0.15, 0.2) is 11.4 Å². The van der Waals surface area contributed by atoms with E-state index in [9.17, 15) is 0 Å². The molecule has 2 radical (unpaired) electrons. The second kappa shape index (κ2) is 3.21. The van der Waals surface area contributed by atoms with Gasteiger partial charge in [-0.15, -0.1) is 0 Å². The average molecular weight is 162 g/mol. The van der Waals surface area contributed by atoms with E-state index in [0.29, 0.717) is 11.2 Å². The van der Waals surface area contributed by atoms with Crippen LogP contribution in [0.4, 0.5) is 0 Å². The number of nitrogens with zero attached hydrogens (tertiary/aromatic N) is 3. The highest BCUT2D eigenvalue weighted by molar-refractivity contribution is 6.32. The van der Waals surface area contributed by atoms with Crippen molar-refractivity contribution >= 4 is 19.1 Å². The summed E-state index contributed by atoms with van der Waals surface area (Å²) in [5, 5.41) is 11.1. The van der Waals surface area contributed by atoms with Crippen LogP contribution in [0.5, 0.6) is 0 Å². The Labute approximate surface area is 70.7 Å². The molecule has 0 aliphatic heterocycles. The maximum Gasteiger partial charge on any atom is 0.207 e. The molecule has 0 saturated heterocycles. The second-order valence-electron chi connectivity index (χ2n) is 2.22. The highest BCUT2D eigenvalue weighted by Crippen LogP contribution is 1.89. The second-order valence-corrected chi connectivity index (χ2v) is 2.22. The fourth-order valence-electron chi connectivity index (χ4n) is 0.645. The number of aryl methyl sites for hydroxylation is 1. The first-order chi connectivity index (χ1) is 5.65. The Morgan fingerprint density at radius 2 is 2.42 bits per heavy atom. The van der Waals surface area contributed by atoms with Crippen LogP contribution in [0.3, 0.4) is 0 Å². The van der Waals surface area contributed by atoms with E-state index < -0.39 is 0 Å². The van der Waals surface area contributed by atoms with Crippen LogP contribution in [0, 0.1) is 6.92 Å². The summed E-state index contributed by atoms with van der Waals surface area (Å²) in [4.78, 5) is 7.65. The van der Waals surface area contributed by atoms with Crippen LogP contribution >= 0.6 is 0 Å². The Balaban J connectivity index is 3.13. The van der Waals surface area contributed by atoms with Crippen molar-refractivity contribution in [3.63, 3.8) is 0 Å². The van der Waals surface area contributed by atoms with Crippen molar-refractivity contribution in [3.05, 3.63) is 17.7 Å². The third-order valence-corrected chi connectivity index (χ3v) is 1.35. The van der Waals surface area contributed by atoms with Gasteiger partial charge in [0, 0.05) is 11.9 Å².